The average molecular weight is 350 g/mol. The van der Waals surface area contributed by atoms with Gasteiger partial charge in [-0.2, -0.15) is 0 Å². The van der Waals surface area contributed by atoms with Gasteiger partial charge in [0.1, 0.15) is 0 Å². The molecular weight excluding hydrogens is 334 g/mol. The Morgan fingerprint density at radius 1 is 1.26 bits per heavy atom. The lowest BCUT2D eigenvalue weighted by Crippen LogP contribution is -2.30. The molecule has 0 saturated heterocycles. The summed E-state index contributed by atoms with van der Waals surface area (Å²) >= 11 is 7.57. The minimum absolute atomic E-state index is 0.0346. The standard InChI is InChI=1S/C17H16ClNO3S/c1-11(23-16-5-3-2-4-13(16)18)17(20)19-9-12-6-7-14-15(8-12)22-10-21-14/h2-8,11H,9-10H2,1H3,(H,19,20)/t11-/m1/s1. The minimum Gasteiger partial charge on any atom is -0.454 e. The van der Waals surface area contributed by atoms with Crippen LogP contribution in [0.4, 0.5) is 0 Å². The van der Waals surface area contributed by atoms with Gasteiger partial charge in [-0.05, 0) is 36.8 Å². The topological polar surface area (TPSA) is 47.6 Å². The monoisotopic (exact) mass is 349 g/mol. The number of amides is 1. The highest BCUT2D eigenvalue weighted by Gasteiger charge is 2.17. The molecule has 0 fully saturated rings. The van der Waals surface area contributed by atoms with Crippen LogP contribution in [0.2, 0.25) is 5.02 Å². The molecule has 0 saturated carbocycles. The molecule has 23 heavy (non-hydrogen) atoms. The molecule has 1 atom stereocenters. The predicted molar refractivity (Wildman–Crippen MR) is 91.2 cm³/mol. The summed E-state index contributed by atoms with van der Waals surface area (Å²) < 4.78 is 10.6. The summed E-state index contributed by atoms with van der Waals surface area (Å²) in [5.41, 5.74) is 0.970. The molecule has 1 aliphatic rings. The summed E-state index contributed by atoms with van der Waals surface area (Å²) in [6.45, 7) is 2.56. The third-order valence-electron chi connectivity index (χ3n) is 3.41. The van der Waals surface area contributed by atoms with E-state index in [4.69, 9.17) is 21.1 Å². The Bertz CT molecular complexity index is 723. The summed E-state index contributed by atoms with van der Waals surface area (Å²) in [5, 5.41) is 3.36. The lowest BCUT2D eigenvalue weighted by atomic mass is 10.2. The second kappa shape index (κ2) is 7.15. The molecule has 3 rings (SSSR count). The number of nitrogens with one attached hydrogen (secondary N) is 1. The summed E-state index contributed by atoms with van der Waals surface area (Å²) in [7, 11) is 0. The van der Waals surface area contributed by atoms with Gasteiger partial charge in [0, 0.05) is 11.4 Å². The number of carbonyl (C=O) groups is 1. The van der Waals surface area contributed by atoms with E-state index in [9.17, 15) is 4.79 Å². The van der Waals surface area contributed by atoms with Gasteiger partial charge in [0.05, 0.1) is 10.3 Å². The maximum Gasteiger partial charge on any atom is 0.233 e. The van der Waals surface area contributed by atoms with Crippen molar-refractivity contribution >= 4 is 29.3 Å². The van der Waals surface area contributed by atoms with E-state index in [0.29, 0.717) is 11.6 Å². The van der Waals surface area contributed by atoms with Crippen LogP contribution in [0.25, 0.3) is 0 Å². The van der Waals surface area contributed by atoms with Gasteiger partial charge in [-0.25, -0.2) is 0 Å². The van der Waals surface area contributed by atoms with Crippen molar-refractivity contribution in [3.63, 3.8) is 0 Å². The Labute approximate surface area is 144 Å². The van der Waals surface area contributed by atoms with Crippen LogP contribution >= 0.6 is 23.4 Å². The van der Waals surface area contributed by atoms with Crippen LogP contribution in [0.3, 0.4) is 0 Å². The van der Waals surface area contributed by atoms with Gasteiger partial charge >= 0.3 is 0 Å². The molecule has 1 heterocycles. The molecule has 1 aliphatic heterocycles. The molecule has 120 valence electrons. The zero-order valence-corrected chi connectivity index (χ0v) is 14.1. The van der Waals surface area contributed by atoms with Gasteiger partial charge in [0.15, 0.2) is 11.5 Å². The number of hydrogen-bond donors (Lipinski definition) is 1. The first-order chi connectivity index (χ1) is 11.1. The van der Waals surface area contributed by atoms with Crippen molar-refractivity contribution in [1.29, 1.82) is 0 Å². The van der Waals surface area contributed by atoms with E-state index in [-0.39, 0.29) is 18.0 Å². The number of hydrogen-bond acceptors (Lipinski definition) is 4. The van der Waals surface area contributed by atoms with Crippen molar-refractivity contribution in [3.05, 3.63) is 53.1 Å². The van der Waals surface area contributed by atoms with Gasteiger partial charge < -0.3 is 14.8 Å². The fourth-order valence-corrected chi connectivity index (χ4v) is 3.35. The zero-order chi connectivity index (χ0) is 16.2. The van der Waals surface area contributed by atoms with Gasteiger partial charge in [-0.15, -0.1) is 11.8 Å². The first-order valence-corrected chi connectivity index (χ1v) is 8.46. The van der Waals surface area contributed by atoms with Crippen LogP contribution in [0.1, 0.15) is 12.5 Å². The first kappa shape index (κ1) is 16.0. The van der Waals surface area contributed by atoms with E-state index < -0.39 is 0 Å². The number of rotatable bonds is 5. The van der Waals surface area contributed by atoms with Gasteiger partial charge in [-0.1, -0.05) is 29.8 Å². The molecule has 2 aromatic carbocycles. The van der Waals surface area contributed by atoms with Gasteiger partial charge in [-0.3, -0.25) is 4.79 Å². The number of benzene rings is 2. The first-order valence-electron chi connectivity index (χ1n) is 7.21. The largest absolute Gasteiger partial charge is 0.454 e. The highest BCUT2D eigenvalue weighted by molar-refractivity contribution is 8.00. The maximum atomic E-state index is 12.2. The normalized spacial score (nSPS) is 13.7. The molecule has 2 aromatic rings. The molecule has 6 heteroatoms. The van der Waals surface area contributed by atoms with Crippen LogP contribution in [0, 0.1) is 0 Å². The smallest absolute Gasteiger partial charge is 0.233 e. The van der Waals surface area contributed by atoms with E-state index in [0.717, 1.165) is 22.0 Å². The van der Waals surface area contributed by atoms with Crippen molar-refractivity contribution in [2.24, 2.45) is 0 Å². The van der Waals surface area contributed by atoms with E-state index >= 15 is 0 Å². The molecule has 0 aliphatic carbocycles. The summed E-state index contributed by atoms with van der Waals surface area (Å²) in [6.07, 6.45) is 0. The highest BCUT2D eigenvalue weighted by Crippen LogP contribution is 2.33. The molecular formula is C17H16ClNO3S. The van der Waals surface area contributed by atoms with E-state index in [1.54, 1.807) is 0 Å². The fourth-order valence-electron chi connectivity index (χ4n) is 2.17. The molecule has 1 N–H and O–H groups in total. The molecule has 1 amide bonds. The third kappa shape index (κ3) is 3.92. The van der Waals surface area contributed by atoms with Crippen LogP contribution in [-0.2, 0) is 11.3 Å². The maximum absolute atomic E-state index is 12.2. The third-order valence-corrected chi connectivity index (χ3v) is 5.03. The Hall–Kier alpha value is -1.85. The number of thioether (sulfide) groups is 1. The van der Waals surface area contributed by atoms with Gasteiger partial charge in [0.2, 0.25) is 12.7 Å². The Morgan fingerprint density at radius 2 is 2.04 bits per heavy atom. The quantitative estimate of drug-likeness (QED) is 0.832. The van der Waals surface area contributed by atoms with E-state index in [2.05, 4.69) is 5.32 Å². The van der Waals surface area contributed by atoms with Crippen molar-refractivity contribution in [2.75, 3.05) is 6.79 Å². The summed E-state index contributed by atoms with van der Waals surface area (Å²) in [4.78, 5) is 13.1. The number of carbonyl (C=O) groups excluding carboxylic acids is 1. The molecule has 0 unspecified atom stereocenters. The Morgan fingerprint density at radius 3 is 2.87 bits per heavy atom. The van der Waals surface area contributed by atoms with E-state index in [1.807, 2.05) is 49.4 Å². The predicted octanol–water partition coefficient (Wildman–Crippen LogP) is 3.87. The average Bonchev–Trinajstić information content (AvgIpc) is 3.02. The molecule has 0 spiro atoms. The second-order valence-corrected chi connectivity index (χ2v) is 6.89. The summed E-state index contributed by atoms with van der Waals surface area (Å²) in [6, 6.07) is 13.2. The molecule has 0 bridgehead atoms. The minimum atomic E-state index is -0.232. The fraction of sp³-hybridized carbons (Fsp3) is 0.235. The summed E-state index contributed by atoms with van der Waals surface area (Å²) in [5.74, 6) is 1.42. The van der Waals surface area contributed by atoms with Crippen molar-refractivity contribution < 1.29 is 14.3 Å². The zero-order valence-electron chi connectivity index (χ0n) is 12.5. The van der Waals surface area contributed by atoms with Gasteiger partial charge in [0.25, 0.3) is 0 Å². The van der Waals surface area contributed by atoms with Crippen molar-refractivity contribution in [1.82, 2.24) is 5.32 Å². The van der Waals surface area contributed by atoms with Crippen LogP contribution in [-0.4, -0.2) is 18.0 Å². The second-order valence-electron chi connectivity index (χ2n) is 5.10. The Balaban J connectivity index is 1.55. The van der Waals surface area contributed by atoms with Crippen LogP contribution in [0.15, 0.2) is 47.4 Å². The Kier molecular flexibility index (Phi) is 4.98. The molecule has 0 radical (unpaired) electrons. The van der Waals surface area contributed by atoms with Crippen LogP contribution < -0.4 is 14.8 Å². The number of ether oxygens (including phenoxy) is 2. The SMILES string of the molecule is C[C@@H](Sc1ccccc1Cl)C(=O)NCc1ccc2c(c1)OCO2. The molecule has 0 aromatic heterocycles. The molecule has 4 nitrogen and oxygen atoms in total. The lowest BCUT2D eigenvalue weighted by Gasteiger charge is -2.13. The number of halogens is 1. The number of fused-ring (bicyclic) bond motifs is 1. The van der Waals surface area contributed by atoms with Crippen molar-refractivity contribution in [3.8, 4) is 11.5 Å². The van der Waals surface area contributed by atoms with Crippen molar-refractivity contribution in [2.45, 2.75) is 23.6 Å². The van der Waals surface area contributed by atoms with E-state index in [1.165, 1.54) is 11.8 Å². The highest BCUT2D eigenvalue weighted by atomic mass is 35.5. The lowest BCUT2D eigenvalue weighted by molar-refractivity contribution is -0.120. The van der Waals surface area contributed by atoms with Crippen LogP contribution in [0.5, 0.6) is 11.5 Å².